The minimum atomic E-state index is -0.730. The molecule has 0 N–H and O–H groups in total. The average molecular weight is 448 g/mol. The van der Waals surface area contributed by atoms with E-state index in [4.69, 9.17) is 16.6 Å². The average Bonchev–Trinajstić information content (AvgIpc) is 2.92. The highest BCUT2D eigenvalue weighted by molar-refractivity contribution is 6.32. The standard InChI is InChI=1S/C25H16ClF2N3O/c1-29-12-16-13-30-25(23-21(27)3-2-4-22(23)28)20-11-17(26)7-10-19(20)24(16)31-18-8-5-15(14-32)6-9-18/h2-12,14H,1,13H2/b16-12-,31-24?. The molecule has 0 aliphatic carbocycles. The summed E-state index contributed by atoms with van der Waals surface area (Å²) in [6.45, 7) is 3.58. The number of halogens is 3. The molecule has 0 saturated heterocycles. The van der Waals surface area contributed by atoms with Gasteiger partial charge in [0.15, 0.2) is 0 Å². The highest BCUT2D eigenvalue weighted by Gasteiger charge is 2.26. The van der Waals surface area contributed by atoms with Gasteiger partial charge in [0.05, 0.1) is 29.2 Å². The maximum absolute atomic E-state index is 14.7. The summed E-state index contributed by atoms with van der Waals surface area (Å²) < 4.78 is 29.3. The summed E-state index contributed by atoms with van der Waals surface area (Å²) in [6.07, 6.45) is 2.26. The van der Waals surface area contributed by atoms with Crippen LogP contribution in [0.25, 0.3) is 0 Å². The Hall–Kier alpha value is -3.77. The number of rotatable bonds is 4. The highest BCUT2D eigenvalue weighted by Crippen LogP contribution is 2.30. The number of aliphatic imine (C=N–C) groups is 3. The fourth-order valence-corrected chi connectivity index (χ4v) is 3.63. The molecule has 4 nitrogen and oxygen atoms in total. The molecule has 0 radical (unpaired) electrons. The van der Waals surface area contributed by atoms with E-state index in [2.05, 4.69) is 16.7 Å². The zero-order valence-electron chi connectivity index (χ0n) is 16.7. The van der Waals surface area contributed by atoms with Crippen LogP contribution in [0, 0.1) is 11.6 Å². The number of benzene rings is 3. The number of nitrogens with zero attached hydrogens (tertiary/aromatic N) is 3. The summed E-state index contributed by atoms with van der Waals surface area (Å²) in [6, 6.07) is 15.4. The molecule has 4 rings (SSSR count). The number of fused-ring (bicyclic) bond motifs is 1. The summed E-state index contributed by atoms with van der Waals surface area (Å²) in [5.74, 6) is -1.46. The molecule has 3 aromatic rings. The predicted molar refractivity (Wildman–Crippen MR) is 124 cm³/mol. The van der Waals surface area contributed by atoms with E-state index in [1.54, 1.807) is 42.5 Å². The smallest absolute Gasteiger partial charge is 0.150 e. The lowest BCUT2D eigenvalue weighted by atomic mass is 9.93. The number of hydrogen-bond acceptors (Lipinski definition) is 4. The molecular weight excluding hydrogens is 432 g/mol. The zero-order chi connectivity index (χ0) is 22.7. The number of carbonyl (C=O) groups excluding carboxylic acids is 1. The van der Waals surface area contributed by atoms with E-state index in [1.807, 2.05) is 0 Å². The SMILES string of the molecule is C=N/C=C1/CN=C(c2c(F)cccc2F)c2cc(Cl)ccc2C1=Nc1ccc(C=O)cc1. The monoisotopic (exact) mass is 447 g/mol. The first-order chi connectivity index (χ1) is 15.5. The van der Waals surface area contributed by atoms with E-state index in [1.165, 1.54) is 24.4 Å². The van der Waals surface area contributed by atoms with Gasteiger partial charge in [-0.1, -0.05) is 23.7 Å². The second kappa shape index (κ2) is 9.16. The van der Waals surface area contributed by atoms with E-state index < -0.39 is 11.6 Å². The summed E-state index contributed by atoms with van der Waals surface area (Å²) in [7, 11) is 0. The first-order valence-electron chi connectivity index (χ1n) is 9.60. The third-order valence-electron chi connectivity index (χ3n) is 4.92. The summed E-state index contributed by atoms with van der Waals surface area (Å²) in [5.41, 5.74) is 3.15. The molecule has 1 heterocycles. The van der Waals surface area contributed by atoms with Gasteiger partial charge in [-0.3, -0.25) is 14.8 Å². The molecule has 0 amide bonds. The normalized spacial score (nSPS) is 15.8. The van der Waals surface area contributed by atoms with Crippen molar-refractivity contribution in [2.75, 3.05) is 6.54 Å². The second-order valence-electron chi connectivity index (χ2n) is 6.96. The van der Waals surface area contributed by atoms with Gasteiger partial charge in [0.1, 0.15) is 17.9 Å². The minimum Gasteiger partial charge on any atom is -0.298 e. The molecule has 0 unspecified atom stereocenters. The van der Waals surface area contributed by atoms with Crippen LogP contribution in [0.15, 0.2) is 87.4 Å². The molecule has 0 atom stereocenters. The van der Waals surface area contributed by atoms with Gasteiger partial charge in [0.25, 0.3) is 0 Å². The molecule has 7 heteroatoms. The summed E-state index contributed by atoms with van der Waals surface area (Å²) >= 11 is 6.24. The first kappa shape index (κ1) is 21.5. The van der Waals surface area contributed by atoms with Gasteiger partial charge in [-0.25, -0.2) is 13.8 Å². The molecule has 0 fully saturated rings. The zero-order valence-corrected chi connectivity index (χ0v) is 17.5. The lowest BCUT2D eigenvalue weighted by Gasteiger charge is -2.13. The van der Waals surface area contributed by atoms with Gasteiger partial charge in [-0.05, 0) is 55.2 Å². The number of carbonyl (C=O) groups is 1. The molecule has 0 spiro atoms. The van der Waals surface area contributed by atoms with Crippen molar-refractivity contribution in [3.05, 3.63) is 111 Å². The predicted octanol–water partition coefficient (Wildman–Crippen LogP) is 5.99. The lowest BCUT2D eigenvalue weighted by Crippen LogP contribution is -2.13. The van der Waals surface area contributed by atoms with E-state index >= 15 is 0 Å². The van der Waals surface area contributed by atoms with Crippen molar-refractivity contribution in [1.82, 2.24) is 0 Å². The molecular formula is C25H16ClF2N3O. The summed E-state index contributed by atoms with van der Waals surface area (Å²) in [5, 5.41) is 0.386. The van der Waals surface area contributed by atoms with Crippen molar-refractivity contribution in [3.63, 3.8) is 0 Å². The minimum absolute atomic E-state index is 0.0691. The lowest BCUT2D eigenvalue weighted by molar-refractivity contribution is 0.112. The molecule has 0 saturated carbocycles. The maximum atomic E-state index is 14.7. The van der Waals surface area contributed by atoms with Crippen LogP contribution in [-0.2, 0) is 0 Å². The van der Waals surface area contributed by atoms with E-state index in [0.717, 1.165) is 6.29 Å². The van der Waals surface area contributed by atoms with Gasteiger partial charge in [0, 0.05) is 33.5 Å². The Morgan fingerprint density at radius 1 is 1.00 bits per heavy atom. The van der Waals surface area contributed by atoms with E-state index in [-0.39, 0.29) is 17.8 Å². The van der Waals surface area contributed by atoms with Crippen LogP contribution in [0.1, 0.15) is 27.0 Å². The topological polar surface area (TPSA) is 54.1 Å². The van der Waals surface area contributed by atoms with Crippen LogP contribution in [0.2, 0.25) is 5.02 Å². The van der Waals surface area contributed by atoms with Crippen LogP contribution >= 0.6 is 11.6 Å². The van der Waals surface area contributed by atoms with E-state index in [0.29, 0.717) is 38.7 Å². The number of hydrogen-bond donors (Lipinski definition) is 0. The molecule has 32 heavy (non-hydrogen) atoms. The molecule has 158 valence electrons. The largest absolute Gasteiger partial charge is 0.298 e. The molecule has 1 aliphatic rings. The van der Waals surface area contributed by atoms with Crippen LogP contribution in [-0.4, -0.2) is 31.0 Å². The van der Waals surface area contributed by atoms with Crippen molar-refractivity contribution < 1.29 is 13.6 Å². The number of aldehydes is 1. The van der Waals surface area contributed by atoms with Gasteiger partial charge in [-0.2, -0.15) is 0 Å². The van der Waals surface area contributed by atoms with Gasteiger partial charge in [0.2, 0.25) is 0 Å². The highest BCUT2D eigenvalue weighted by atomic mass is 35.5. The summed E-state index contributed by atoms with van der Waals surface area (Å²) in [4.78, 5) is 24.1. The Kier molecular flexibility index (Phi) is 6.14. The fraction of sp³-hybridized carbons (Fsp3) is 0.0400. The Labute approximate surface area is 188 Å². The van der Waals surface area contributed by atoms with Crippen LogP contribution in [0.3, 0.4) is 0 Å². The molecule has 1 aliphatic heterocycles. The van der Waals surface area contributed by atoms with Crippen LogP contribution in [0.4, 0.5) is 14.5 Å². The molecule has 3 aromatic carbocycles. The second-order valence-corrected chi connectivity index (χ2v) is 7.39. The quantitative estimate of drug-likeness (QED) is 0.358. The third kappa shape index (κ3) is 4.18. The van der Waals surface area contributed by atoms with Crippen molar-refractivity contribution in [3.8, 4) is 0 Å². The van der Waals surface area contributed by atoms with Crippen molar-refractivity contribution in [2.24, 2.45) is 15.0 Å². The van der Waals surface area contributed by atoms with Crippen LogP contribution < -0.4 is 0 Å². The van der Waals surface area contributed by atoms with Crippen molar-refractivity contribution in [1.29, 1.82) is 0 Å². The van der Waals surface area contributed by atoms with Crippen LogP contribution in [0.5, 0.6) is 0 Å². The van der Waals surface area contributed by atoms with Crippen molar-refractivity contribution in [2.45, 2.75) is 0 Å². The molecule has 0 aromatic heterocycles. The first-order valence-corrected chi connectivity index (χ1v) is 9.98. The Morgan fingerprint density at radius 2 is 1.72 bits per heavy atom. The van der Waals surface area contributed by atoms with Gasteiger partial charge < -0.3 is 0 Å². The van der Waals surface area contributed by atoms with E-state index in [9.17, 15) is 13.6 Å². The van der Waals surface area contributed by atoms with Gasteiger partial charge in [-0.15, -0.1) is 0 Å². The van der Waals surface area contributed by atoms with Gasteiger partial charge >= 0.3 is 0 Å². The Bertz CT molecular complexity index is 1290. The molecule has 0 bridgehead atoms. The Balaban J connectivity index is 1.98. The Morgan fingerprint density at radius 3 is 2.38 bits per heavy atom. The maximum Gasteiger partial charge on any atom is 0.150 e. The third-order valence-corrected chi connectivity index (χ3v) is 5.16. The van der Waals surface area contributed by atoms with Crippen molar-refractivity contribution >= 4 is 41.7 Å². The fourth-order valence-electron chi connectivity index (χ4n) is 3.45.